The van der Waals surface area contributed by atoms with Crippen molar-refractivity contribution in [2.45, 2.75) is 13.0 Å². The van der Waals surface area contributed by atoms with Gasteiger partial charge < -0.3 is 11.5 Å². The van der Waals surface area contributed by atoms with Crippen molar-refractivity contribution in [1.29, 1.82) is 0 Å². The molecule has 0 bridgehead atoms. The van der Waals surface area contributed by atoms with Crippen LogP contribution in [0, 0.1) is 5.92 Å². The van der Waals surface area contributed by atoms with E-state index in [0.717, 1.165) is 11.3 Å². The van der Waals surface area contributed by atoms with Crippen molar-refractivity contribution in [2.24, 2.45) is 22.4 Å². The number of fused-ring (bicyclic) bond motifs is 1. The van der Waals surface area contributed by atoms with Crippen molar-refractivity contribution >= 4 is 11.6 Å². The maximum absolute atomic E-state index is 11.0. The number of allylic oxidation sites excluding steroid dienone is 5. The molecular weight excluding hydrogens is 214 g/mol. The molecule has 88 valence electrons. The van der Waals surface area contributed by atoms with Gasteiger partial charge in [-0.3, -0.25) is 9.79 Å². The molecule has 4 nitrogen and oxygen atoms in total. The van der Waals surface area contributed by atoms with Gasteiger partial charge >= 0.3 is 0 Å². The molecule has 0 aromatic carbocycles. The largest absolute Gasteiger partial charge is 0.365 e. The van der Waals surface area contributed by atoms with Crippen LogP contribution in [0.2, 0.25) is 0 Å². The van der Waals surface area contributed by atoms with Crippen molar-refractivity contribution in [1.82, 2.24) is 0 Å². The van der Waals surface area contributed by atoms with E-state index in [9.17, 15) is 4.79 Å². The van der Waals surface area contributed by atoms with Gasteiger partial charge in [0.2, 0.25) is 0 Å². The molecule has 2 aliphatic carbocycles. The molecule has 2 atom stereocenters. The molecule has 0 aromatic heterocycles. The van der Waals surface area contributed by atoms with E-state index in [1.807, 2.05) is 36.5 Å². The van der Waals surface area contributed by atoms with Gasteiger partial charge in [-0.1, -0.05) is 30.4 Å². The first-order valence-corrected chi connectivity index (χ1v) is 5.47. The highest BCUT2D eigenvalue weighted by Gasteiger charge is 2.26. The van der Waals surface area contributed by atoms with Crippen LogP contribution in [0.1, 0.15) is 6.92 Å². The van der Waals surface area contributed by atoms with E-state index in [1.54, 1.807) is 6.92 Å². The van der Waals surface area contributed by atoms with Crippen molar-refractivity contribution < 1.29 is 4.79 Å². The summed E-state index contributed by atoms with van der Waals surface area (Å²) < 4.78 is 0. The summed E-state index contributed by atoms with van der Waals surface area (Å²) in [6, 6.07) is -0.115. The Morgan fingerprint density at radius 3 is 2.82 bits per heavy atom. The second-order valence-electron chi connectivity index (χ2n) is 4.12. The lowest BCUT2D eigenvalue weighted by molar-refractivity contribution is -0.112. The van der Waals surface area contributed by atoms with Crippen molar-refractivity contribution in [3.63, 3.8) is 0 Å². The van der Waals surface area contributed by atoms with Gasteiger partial charge in [0.05, 0.1) is 5.70 Å². The average Bonchev–Trinajstić information content (AvgIpc) is 2.29. The quantitative estimate of drug-likeness (QED) is 0.687. The molecule has 0 aliphatic heterocycles. The number of hydrogen-bond acceptors (Lipinski definition) is 3. The van der Waals surface area contributed by atoms with Crippen LogP contribution in [-0.4, -0.2) is 17.7 Å². The summed E-state index contributed by atoms with van der Waals surface area (Å²) in [5.74, 6) is -0.495. The fourth-order valence-electron chi connectivity index (χ4n) is 1.98. The van der Waals surface area contributed by atoms with Crippen molar-refractivity contribution in [2.75, 3.05) is 0 Å². The molecule has 0 spiro atoms. The topological polar surface area (TPSA) is 81.5 Å². The Morgan fingerprint density at radius 2 is 2.12 bits per heavy atom. The minimum absolute atomic E-state index is 0.0132. The molecule has 4 N–H and O–H groups in total. The van der Waals surface area contributed by atoms with Crippen LogP contribution in [0.4, 0.5) is 0 Å². The minimum Gasteiger partial charge on any atom is -0.365 e. The monoisotopic (exact) mass is 229 g/mol. The predicted molar refractivity (Wildman–Crippen MR) is 68.2 cm³/mol. The molecule has 0 saturated heterocycles. The van der Waals surface area contributed by atoms with E-state index < -0.39 is 5.91 Å². The number of primary amides is 1. The molecule has 0 heterocycles. The summed E-state index contributed by atoms with van der Waals surface area (Å²) in [5.41, 5.74) is 13.4. The van der Waals surface area contributed by atoms with E-state index in [1.165, 1.54) is 0 Å². The van der Waals surface area contributed by atoms with Crippen LogP contribution >= 0.6 is 0 Å². The highest BCUT2D eigenvalue weighted by atomic mass is 16.1. The first-order chi connectivity index (χ1) is 8.09. The van der Waals surface area contributed by atoms with E-state index in [0.29, 0.717) is 5.71 Å². The maximum atomic E-state index is 11.0. The van der Waals surface area contributed by atoms with Crippen LogP contribution in [0.25, 0.3) is 0 Å². The number of carbonyl (C=O) groups is 1. The van der Waals surface area contributed by atoms with E-state index in [2.05, 4.69) is 4.99 Å². The SMILES string of the molecule is C/C(=N\C1=CC=CC2=CC=CC(N)C21)C(N)=O. The van der Waals surface area contributed by atoms with Gasteiger partial charge in [-0.05, 0) is 18.6 Å². The molecular formula is C13H15N3O. The Hall–Kier alpha value is -1.94. The van der Waals surface area contributed by atoms with Gasteiger partial charge in [-0.25, -0.2) is 0 Å². The second kappa shape index (κ2) is 4.51. The second-order valence-corrected chi connectivity index (χ2v) is 4.12. The van der Waals surface area contributed by atoms with Crippen LogP contribution in [0.3, 0.4) is 0 Å². The lowest BCUT2D eigenvalue weighted by Gasteiger charge is -2.28. The van der Waals surface area contributed by atoms with E-state index >= 15 is 0 Å². The average molecular weight is 229 g/mol. The molecule has 2 unspecified atom stereocenters. The summed E-state index contributed by atoms with van der Waals surface area (Å²) in [4.78, 5) is 15.3. The maximum Gasteiger partial charge on any atom is 0.262 e. The molecule has 4 heteroatoms. The number of carbonyl (C=O) groups excluding carboxylic acids is 1. The zero-order chi connectivity index (χ0) is 12.4. The van der Waals surface area contributed by atoms with Gasteiger partial charge in [-0.2, -0.15) is 0 Å². The first-order valence-electron chi connectivity index (χ1n) is 5.47. The van der Waals surface area contributed by atoms with Gasteiger partial charge in [0.15, 0.2) is 0 Å². The van der Waals surface area contributed by atoms with Crippen LogP contribution in [0.15, 0.2) is 52.7 Å². The molecule has 2 aliphatic rings. The molecule has 0 saturated carbocycles. The number of amides is 1. The standard InChI is InChI=1S/C13H15N3O/c1-8(13(15)17)16-11-7-3-5-9-4-2-6-10(14)12(9)11/h2-7,10,12H,14H2,1H3,(H2,15,17)/b16-8+. The number of hydrogen-bond donors (Lipinski definition) is 2. The van der Waals surface area contributed by atoms with Gasteiger partial charge in [0, 0.05) is 12.0 Å². The zero-order valence-corrected chi connectivity index (χ0v) is 9.63. The Labute approximate surface area is 100 Å². The molecule has 0 radical (unpaired) electrons. The summed E-state index contributed by atoms with van der Waals surface area (Å²) in [7, 11) is 0. The van der Waals surface area contributed by atoms with Gasteiger partial charge in [0.1, 0.15) is 5.71 Å². The Kier molecular flexibility index (Phi) is 3.06. The number of nitrogens with two attached hydrogens (primary N) is 2. The lowest BCUT2D eigenvalue weighted by Crippen LogP contribution is -2.33. The van der Waals surface area contributed by atoms with Gasteiger partial charge in [-0.15, -0.1) is 0 Å². The Balaban J connectivity index is 2.36. The van der Waals surface area contributed by atoms with Crippen LogP contribution in [0.5, 0.6) is 0 Å². The lowest BCUT2D eigenvalue weighted by atomic mass is 9.82. The summed E-state index contributed by atoms with van der Waals surface area (Å²) in [6.07, 6.45) is 11.7. The van der Waals surface area contributed by atoms with Crippen LogP contribution < -0.4 is 11.5 Å². The number of rotatable bonds is 2. The van der Waals surface area contributed by atoms with Crippen molar-refractivity contribution in [3.8, 4) is 0 Å². The molecule has 2 rings (SSSR count). The Bertz CT molecular complexity index is 495. The predicted octanol–water partition coefficient (Wildman–Crippen LogP) is 0.826. The normalized spacial score (nSPS) is 27.3. The fraction of sp³-hybridized carbons (Fsp3) is 0.231. The molecule has 0 aromatic rings. The van der Waals surface area contributed by atoms with E-state index in [-0.39, 0.29) is 12.0 Å². The van der Waals surface area contributed by atoms with E-state index in [4.69, 9.17) is 11.5 Å². The minimum atomic E-state index is -0.508. The number of nitrogens with zero attached hydrogens (tertiary/aromatic N) is 1. The number of aliphatic imine (C=N–C) groups is 1. The highest BCUT2D eigenvalue weighted by molar-refractivity contribution is 6.37. The highest BCUT2D eigenvalue weighted by Crippen LogP contribution is 2.31. The van der Waals surface area contributed by atoms with Gasteiger partial charge in [0.25, 0.3) is 5.91 Å². The third-order valence-corrected chi connectivity index (χ3v) is 2.89. The molecule has 0 fully saturated rings. The third kappa shape index (κ3) is 2.26. The van der Waals surface area contributed by atoms with Crippen LogP contribution in [-0.2, 0) is 4.79 Å². The summed E-state index contributed by atoms with van der Waals surface area (Å²) in [5, 5.41) is 0. The fourth-order valence-corrected chi connectivity index (χ4v) is 1.98. The smallest absolute Gasteiger partial charge is 0.262 e. The third-order valence-electron chi connectivity index (χ3n) is 2.89. The Morgan fingerprint density at radius 1 is 1.35 bits per heavy atom. The summed E-state index contributed by atoms with van der Waals surface area (Å²) in [6.45, 7) is 1.61. The first kappa shape index (κ1) is 11.5. The molecule has 17 heavy (non-hydrogen) atoms. The van der Waals surface area contributed by atoms with Crippen molar-refractivity contribution in [3.05, 3.63) is 47.7 Å². The summed E-state index contributed by atoms with van der Waals surface area (Å²) >= 11 is 0. The molecule has 1 amide bonds. The zero-order valence-electron chi connectivity index (χ0n) is 9.63.